The molecule has 2 aromatic rings. The van der Waals surface area contributed by atoms with Crippen LogP contribution < -0.4 is 14.4 Å². The SMILES string of the molecule is COc1ccccc1N1CCN(CN2C(=O)c3cc(C)nc(OC)c3C2=O)CC1. The zero-order valence-electron chi connectivity index (χ0n) is 16.8. The highest BCUT2D eigenvalue weighted by atomic mass is 16.5. The summed E-state index contributed by atoms with van der Waals surface area (Å²) in [6.45, 7) is 5.08. The zero-order valence-corrected chi connectivity index (χ0v) is 16.8. The fraction of sp³-hybridized carbons (Fsp3) is 0.381. The molecule has 0 atom stereocenters. The van der Waals surface area contributed by atoms with Crippen molar-refractivity contribution >= 4 is 17.5 Å². The standard InChI is InChI=1S/C21H24N4O4/c1-14-12-15-18(19(22-14)29-3)21(27)25(20(15)26)13-23-8-10-24(11-9-23)16-6-4-5-7-17(16)28-2/h4-7,12H,8-11,13H2,1-3H3. The highest BCUT2D eigenvalue weighted by Crippen LogP contribution is 2.31. The average molecular weight is 396 g/mol. The monoisotopic (exact) mass is 396 g/mol. The number of aryl methyl sites for hydroxylation is 1. The van der Waals surface area contributed by atoms with Gasteiger partial charge in [-0.15, -0.1) is 0 Å². The van der Waals surface area contributed by atoms with Gasteiger partial charge in [-0.05, 0) is 25.1 Å². The molecule has 0 bridgehead atoms. The molecule has 1 fully saturated rings. The van der Waals surface area contributed by atoms with Gasteiger partial charge in [-0.3, -0.25) is 19.4 Å². The normalized spacial score (nSPS) is 16.9. The van der Waals surface area contributed by atoms with E-state index < -0.39 is 0 Å². The summed E-state index contributed by atoms with van der Waals surface area (Å²) in [4.78, 5) is 35.6. The summed E-state index contributed by atoms with van der Waals surface area (Å²) >= 11 is 0. The quantitative estimate of drug-likeness (QED) is 0.713. The molecule has 0 aliphatic carbocycles. The van der Waals surface area contributed by atoms with Crippen LogP contribution in [0.5, 0.6) is 11.6 Å². The van der Waals surface area contributed by atoms with Crippen molar-refractivity contribution in [3.05, 3.63) is 47.2 Å². The molecule has 3 heterocycles. The molecule has 2 aliphatic heterocycles. The van der Waals surface area contributed by atoms with Gasteiger partial charge in [0.25, 0.3) is 11.8 Å². The number of ether oxygens (including phenoxy) is 2. The number of piperazine rings is 1. The zero-order chi connectivity index (χ0) is 20.5. The van der Waals surface area contributed by atoms with Crippen molar-refractivity contribution in [1.29, 1.82) is 0 Å². The van der Waals surface area contributed by atoms with Crippen molar-refractivity contribution in [1.82, 2.24) is 14.8 Å². The number of carbonyl (C=O) groups excluding carboxylic acids is 2. The molecule has 0 saturated carbocycles. The Morgan fingerprint density at radius 2 is 1.72 bits per heavy atom. The van der Waals surface area contributed by atoms with Gasteiger partial charge < -0.3 is 14.4 Å². The Morgan fingerprint density at radius 3 is 2.41 bits per heavy atom. The maximum absolute atomic E-state index is 12.9. The van der Waals surface area contributed by atoms with Crippen LogP contribution in [0.4, 0.5) is 5.69 Å². The van der Waals surface area contributed by atoms with Crippen LogP contribution in [0.15, 0.2) is 30.3 Å². The molecule has 1 aromatic carbocycles. The maximum atomic E-state index is 12.9. The third-order valence-corrected chi connectivity index (χ3v) is 5.38. The number of amides is 2. The lowest BCUT2D eigenvalue weighted by molar-refractivity contribution is 0.0534. The molecule has 0 radical (unpaired) electrons. The van der Waals surface area contributed by atoms with Crippen molar-refractivity contribution in [3.63, 3.8) is 0 Å². The van der Waals surface area contributed by atoms with E-state index in [1.165, 1.54) is 12.0 Å². The number of carbonyl (C=O) groups is 2. The van der Waals surface area contributed by atoms with Crippen molar-refractivity contribution in [3.8, 4) is 11.6 Å². The Kier molecular flexibility index (Phi) is 5.10. The fourth-order valence-electron chi connectivity index (χ4n) is 3.89. The number of imide groups is 1. The number of benzene rings is 1. The van der Waals surface area contributed by atoms with Gasteiger partial charge in [0.2, 0.25) is 5.88 Å². The van der Waals surface area contributed by atoms with E-state index in [0.29, 0.717) is 11.3 Å². The number of anilines is 1. The molecular weight excluding hydrogens is 372 g/mol. The maximum Gasteiger partial charge on any atom is 0.268 e. The van der Waals surface area contributed by atoms with Crippen molar-refractivity contribution in [2.24, 2.45) is 0 Å². The number of hydrogen-bond donors (Lipinski definition) is 0. The lowest BCUT2D eigenvalue weighted by atomic mass is 10.1. The predicted octanol–water partition coefficient (Wildman–Crippen LogP) is 1.78. The number of methoxy groups -OCH3 is 2. The molecule has 152 valence electrons. The molecule has 0 spiro atoms. The second kappa shape index (κ2) is 7.71. The van der Waals surface area contributed by atoms with Crippen LogP contribution in [0.25, 0.3) is 0 Å². The highest BCUT2D eigenvalue weighted by Gasteiger charge is 2.40. The van der Waals surface area contributed by atoms with Gasteiger partial charge in [-0.2, -0.15) is 0 Å². The predicted molar refractivity (Wildman–Crippen MR) is 108 cm³/mol. The Bertz CT molecular complexity index is 954. The first-order chi connectivity index (χ1) is 14.0. The number of fused-ring (bicyclic) bond motifs is 1. The number of hydrogen-bond acceptors (Lipinski definition) is 7. The first-order valence-electron chi connectivity index (χ1n) is 9.55. The van der Waals surface area contributed by atoms with E-state index in [1.54, 1.807) is 20.1 Å². The molecule has 8 heteroatoms. The second-order valence-electron chi connectivity index (χ2n) is 7.15. The minimum absolute atomic E-state index is 0.210. The van der Waals surface area contributed by atoms with Gasteiger partial charge >= 0.3 is 0 Å². The van der Waals surface area contributed by atoms with E-state index in [9.17, 15) is 9.59 Å². The summed E-state index contributed by atoms with van der Waals surface area (Å²) in [6.07, 6.45) is 0. The second-order valence-corrected chi connectivity index (χ2v) is 7.15. The van der Waals surface area contributed by atoms with E-state index in [1.807, 2.05) is 24.3 Å². The van der Waals surface area contributed by atoms with Gasteiger partial charge in [0.1, 0.15) is 11.3 Å². The van der Waals surface area contributed by atoms with Crippen LogP contribution in [-0.2, 0) is 0 Å². The third kappa shape index (κ3) is 3.40. The number of rotatable bonds is 5. The van der Waals surface area contributed by atoms with Gasteiger partial charge in [-0.1, -0.05) is 12.1 Å². The molecule has 0 unspecified atom stereocenters. The Labute approximate surface area is 169 Å². The van der Waals surface area contributed by atoms with E-state index in [0.717, 1.165) is 37.6 Å². The number of pyridine rings is 1. The van der Waals surface area contributed by atoms with E-state index in [2.05, 4.69) is 14.8 Å². The summed E-state index contributed by atoms with van der Waals surface area (Å²) in [5.74, 6) is 0.417. The van der Waals surface area contributed by atoms with Crippen molar-refractivity contribution in [2.45, 2.75) is 6.92 Å². The first-order valence-corrected chi connectivity index (χ1v) is 9.55. The van der Waals surface area contributed by atoms with E-state index in [4.69, 9.17) is 9.47 Å². The summed E-state index contributed by atoms with van der Waals surface area (Å²) in [5, 5.41) is 0. The first kappa shape index (κ1) is 19.2. The molecule has 2 amide bonds. The summed E-state index contributed by atoms with van der Waals surface area (Å²) < 4.78 is 10.7. The number of aromatic nitrogens is 1. The molecular formula is C21H24N4O4. The minimum Gasteiger partial charge on any atom is -0.495 e. The molecule has 2 aliphatic rings. The molecule has 29 heavy (non-hydrogen) atoms. The summed E-state index contributed by atoms with van der Waals surface area (Å²) in [7, 11) is 3.13. The van der Waals surface area contributed by atoms with Crippen molar-refractivity contribution < 1.29 is 19.1 Å². The van der Waals surface area contributed by atoms with Crippen molar-refractivity contribution in [2.75, 3.05) is 52.0 Å². The highest BCUT2D eigenvalue weighted by molar-refractivity contribution is 6.22. The Morgan fingerprint density at radius 1 is 1.00 bits per heavy atom. The summed E-state index contributed by atoms with van der Waals surface area (Å²) in [6, 6.07) is 9.58. The van der Waals surface area contributed by atoms with Crippen LogP contribution in [0.2, 0.25) is 0 Å². The van der Waals surface area contributed by atoms with Crippen LogP contribution in [0.3, 0.4) is 0 Å². The lowest BCUT2D eigenvalue weighted by Gasteiger charge is -2.37. The van der Waals surface area contributed by atoms with Crippen LogP contribution in [-0.4, -0.2) is 73.7 Å². The molecule has 8 nitrogen and oxygen atoms in total. The topological polar surface area (TPSA) is 75.2 Å². The van der Waals surface area contributed by atoms with Gasteiger partial charge in [0.05, 0.1) is 32.1 Å². The van der Waals surface area contributed by atoms with E-state index >= 15 is 0 Å². The third-order valence-electron chi connectivity index (χ3n) is 5.38. The average Bonchev–Trinajstić information content (AvgIpc) is 2.98. The fourth-order valence-corrected chi connectivity index (χ4v) is 3.89. The van der Waals surface area contributed by atoms with Crippen LogP contribution in [0, 0.1) is 6.92 Å². The number of para-hydroxylation sites is 2. The van der Waals surface area contributed by atoms with E-state index in [-0.39, 0.29) is 29.9 Å². The van der Waals surface area contributed by atoms with Crippen LogP contribution in [0.1, 0.15) is 26.4 Å². The van der Waals surface area contributed by atoms with Gasteiger partial charge in [-0.25, -0.2) is 4.98 Å². The molecule has 1 saturated heterocycles. The molecule has 0 N–H and O–H groups in total. The molecule has 1 aromatic heterocycles. The Hall–Kier alpha value is -3.13. The van der Waals surface area contributed by atoms with Gasteiger partial charge in [0, 0.05) is 31.9 Å². The minimum atomic E-state index is -0.346. The Balaban J connectivity index is 1.45. The number of nitrogens with zero attached hydrogens (tertiary/aromatic N) is 4. The smallest absolute Gasteiger partial charge is 0.268 e. The summed E-state index contributed by atoms with van der Waals surface area (Å²) in [5.41, 5.74) is 2.33. The lowest BCUT2D eigenvalue weighted by Crippen LogP contribution is -2.51. The van der Waals surface area contributed by atoms with Gasteiger partial charge in [0.15, 0.2) is 0 Å². The molecule has 4 rings (SSSR count). The largest absolute Gasteiger partial charge is 0.495 e. The van der Waals surface area contributed by atoms with Crippen LogP contribution >= 0.6 is 0 Å².